The van der Waals surface area contributed by atoms with E-state index >= 15 is 0 Å². The van der Waals surface area contributed by atoms with Gasteiger partial charge in [-0.2, -0.15) is 0 Å². The second kappa shape index (κ2) is 3.88. The van der Waals surface area contributed by atoms with Crippen molar-refractivity contribution in [2.45, 2.75) is 13.6 Å². The fraction of sp³-hybridized carbons (Fsp3) is 0.222. The molecule has 2 N–H and O–H groups in total. The van der Waals surface area contributed by atoms with Gasteiger partial charge in [-0.05, 0) is 19.1 Å². The third-order valence-corrected chi connectivity index (χ3v) is 1.62. The van der Waals surface area contributed by atoms with E-state index in [-0.39, 0.29) is 0 Å². The van der Waals surface area contributed by atoms with Crippen LogP contribution in [0.5, 0.6) is 0 Å². The Balaban J connectivity index is 3.13. The SMILES string of the molecule is C=Cc1c(/C=C\C)ncn1CN. The molecule has 1 aromatic rings. The molecule has 0 unspecified atom stereocenters. The Labute approximate surface area is 72.2 Å². The van der Waals surface area contributed by atoms with Crippen LogP contribution in [0.3, 0.4) is 0 Å². The van der Waals surface area contributed by atoms with Crippen LogP contribution in [0.2, 0.25) is 0 Å². The van der Waals surface area contributed by atoms with Crippen molar-refractivity contribution in [1.29, 1.82) is 0 Å². The summed E-state index contributed by atoms with van der Waals surface area (Å²) >= 11 is 0. The maximum Gasteiger partial charge on any atom is 0.0969 e. The maximum atomic E-state index is 5.49. The highest BCUT2D eigenvalue weighted by Gasteiger charge is 2.02. The van der Waals surface area contributed by atoms with Crippen LogP contribution in [-0.2, 0) is 6.67 Å². The summed E-state index contributed by atoms with van der Waals surface area (Å²) in [5, 5.41) is 0. The fourth-order valence-electron chi connectivity index (χ4n) is 1.06. The quantitative estimate of drug-likeness (QED) is 0.733. The normalized spacial score (nSPS) is 10.8. The lowest BCUT2D eigenvalue weighted by molar-refractivity contribution is 0.725. The molecular formula is C9H13N3. The van der Waals surface area contributed by atoms with E-state index in [0.29, 0.717) is 6.67 Å². The molecule has 3 heteroatoms. The summed E-state index contributed by atoms with van der Waals surface area (Å²) in [6.07, 6.45) is 7.35. The smallest absolute Gasteiger partial charge is 0.0969 e. The van der Waals surface area contributed by atoms with Gasteiger partial charge in [0, 0.05) is 0 Å². The third kappa shape index (κ3) is 1.46. The van der Waals surface area contributed by atoms with Crippen LogP contribution in [-0.4, -0.2) is 9.55 Å². The largest absolute Gasteiger partial charge is 0.317 e. The van der Waals surface area contributed by atoms with Crippen LogP contribution >= 0.6 is 0 Å². The maximum absolute atomic E-state index is 5.49. The Kier molecular flexibility index (Phi) is 2.82. The van der Waals surface area contributed by atoms with E-state index in [9.17, 15) is 0 Å². The van der Waals surface area contributed by atoms with E-state index in [1.165, 1.54) is 0 Å². The van der Waals surface area contributed by atoms with Crippen molar-refractivity contribution >= 4 is 12.2 Å². The van der Waals surface area contributed by atoms with E-state index in [1.807, 2.05) is 23.6 Å². The molecule has 0 saturated carbocycles. The molecule has 1 rings (SSSR count). The van der Waals surface area contributed by atoms with Crippen LogP contribution < -0.4 is 5.73 Å². The van der Waals surface area contributed by atoms with Crippen molar-refractivity contribution in [1.82, 2.24) is 9.55 Å². The van der Waals surface area contributed by atoms with Gasteiger partial charge in [0.25, 0.3) is 0 Å². The molecule has 0 aliphatic heterocycles. The van der Waals surface area contributed by atoms with Crippen molar-refractivity contribution in [3.8, 4) is 0 Å². The minimum absolute atomic E-state index is 0.436. The average molecular weight is 163 g/mol. The molecule has 3 nitrogen and oxygen atoms in total. The van der Waals surface area contributed by atoms with Crippen molar-refractivity contribution in [2.24, 2.45) is 5.73 Å². The van der Waals surface area contributed by atoms with E-state index in [2.05, 4.69) is 11.6 Å². The molecule has 0 spiro atoms. The van der Waals surface area contributed by atoms with Crippen molar-refractivity contribution in [3.63, 3.8) is 0 Å². The second-order valence-corrected chi connectivity index (χ2v) is 2.37. The van der Waals surface area contributed by atoms with E-state index in [0.717, 1.165) is 11.4 Å². The van der Waals surface area contributed by atoms with Gasteiger partial charge in [0.1, 0.15) is 0 Å². The highest BCUT2D eigenvalue weighted by Crippen LogP contribution is 2.09. The zero-order chi connectivity index (χ0) is 8.97. The van der Waals surface area contributed by atoms with Gasteiger partial charge in [-0.25, -0.2) is 4.98 Å². The Morgan fingerprint density at radius 1 is 1.75 bits per heavy atom. The fourth-order valence-corrected chi connectivity index (χ4v) is 1.06. The first kappa shape index (κ1) is 8.74. The highest BCUT2D eigenvalue weighted by molar-refractivity contribution is 5.58. The van der Waals surface area contributed by atoms with Crippen LogP contribution in [0.1, 0.15) is 18.3 Å². The molecule has 64 valence electrons. The van der Waals surface area contributed by atoms with Crippen LogP contribution in [0.4, 0.5) is 0 Å². The zero-order valence-corrected chi connectivity index (χ0v) is 7.20. The van der Waals surface area contributed by atoms with Gasteiger partial charge < -0.3 is 10.3 Å². The standard InChI is InChI=1S/C9H13N3/c1-3-5-8-9(4-2)12(6-10)7-11-8/h3-5,7H,2,6,10H2,1H3/b5-3-. The van der Waals surface area contributed by atoms with Crippen LogP contribution in [0.25, 0.3) is 12.2 Å². The lowest BCUT2D eigenvalue weighted by Crippen LogP contribution is -2.07. The number of hydrogen-bond acceptors (Lipinski definition) is 2. The first-order valence-electron chi connectivity index (χ1n) is 3.83. The molecule has 0 fully saturated rings. The minimum Gasteiger partial charge on any atom is -0.317 e. The van der Waals surface area contributed by atoms with E-state index < -0.39 is 0 Å². The molecule has 0 atom stereocenters. The molecule has 0 saturated heterocycles. The molecule has 0 radical (unpaired) electrons. The number of allylic oxidation sites excluding steroid dienone is 1. The summed E-state index contributed by atoms with van der Waals surface area (Å²) in [7, 11) is 0. The predicted octanol–water partition coefficient (Wildman–Crippen LogP) is 1.48. The summed E-state index contributed by atoms with van der Waals surface area (Å²) in [4.78, 5) is 4.17. The van der Waals surface area contributed by atoms with Gasteiger partial charge >= 0.3 is 0 Å². The molecular weight excluding hydrogens is 150 g/mol. The zero-order valence-electron chi connectivity index (χ0n) is 7.20. The predicted molar refractivity (Wildman–Crippen MR) is 51.2 cm³/mol. The molecule has 0 bridgehead atoms. The number of nitrogens with two attached hydrogens (primary N) is 1. The van der Waals surface area contributed by atoms with Crippen LogP contribution in [0, 0.1) is 0 Å². The van der Waals surface area contributed by atoms with Crippen molar-refractivity contribution < 1.29 is 0 Å². The molecule has 0 aliphatic carbocycles. The van der Waals surface area contributed by atoms with Crippen molar-refractivity contribution in [2.75, 3.05) is 0 Å². The number of nitrogens with zero attached hydrogens (tertiary/aromatic N) is 2. The van der Waals surface area contributed by atoms with Gasteiger partial charge in [-0.15, -0.1) is 0 Å². The number of aromatic nitrogens is 2. The monoisotopic (exact) mass is 163 g/mol. The Hall–Kier alpha value is -1.35. The Morgan fingerprint density at radius 2 is 2.50 bits per heavy atom. The van der Waals surface area contributed by atoms with Crippen LogP contribution in [0.15, 0.2) is 19.0 Å². The third-order valence-electron chi connectivity index (χ3n) is 1.62. The molecule has 0 amide bonds. The average Bonchev–Trinajstić information content (AvgIpc) is 2.47. The minimum atomic E-state index is 0.436. The molecule has 12 heavy (non-hydrogen) atoms. The summed E-state index contributed by atoms with van der Waals surface area (Å²) in [6, 6.07) is 0. The summed E-state index contributed by atoms with van der Waals surface area (Å²) < 4.78 is 1.85. The Morgan fingerprint density at radius 3 is 3.00 bits per heavy atom. The highest BCUT2D eigenvalue weighted by atomic mass is 15.1. The molecule has 1 aromatic heterocycles. The topological polar surface area (TPSA) is 43.8 Å². The molecule has 0 aliphatic rings. The van der Waals surface area contributed by atoms with E-state index in [4.69, 9.17) is 5.73 Å². The lowest BCUT2D eigenvalue weighted by atomic mass is 10.3. The number of rotatable bonds is 3. The number of hydrogen-bond donors (Lipinski definition) is 1. The first-order chi connectivity index (χ1) is 5.83. The summed E-state index contributed by atoms with van der Waals surface area (Å²) in [5.74, 6) is 0. The van der Waals surface area contributed by atoms with Gasteiger partial charge in [-0.1, -0.05) is 12.7 Å². The summed E-state index contributed by atoms with van der Waals surface area (Å²) in [6.45, 7) is 6.09. The molecule has 1 heterocycles. The van der Waals surface area contributed by atoms with Gasteiger partial charge in [0.15, 0.2) is 0 Å². The second-order valence-electron chi connectivity index (χ2n) is 2.37. The molecule has 0 aromatic carbocycles. The van der Waals surface area contributed by atoms with E-state index in [1.54, 1.807) is 12.4 Å². The Bertz CT molecular complexity index is 297. The van der Waals surface area contributed by atoms with Crippen molar-refractivity contribution in [3.05, 3.63) is 30.4 Å². The lowest BCUT2D eigenvalue weighted by Gasteiger charge is -1.99. The van der Waals surface area contributed by atoms with Gasteiger partial charge in [-0.3, -0.25) is 0 Å². The van der Waals surface area contributed by atoms with Gasteiger partial charge in [0.2, 0.25) is 0 Å². The summed E-state index contributed by atoms with van der Waals surface area (Å²) in [5.41, 5.74) is 7.37. The number of imidazole rings is 1. The first-order valence-corrected chi connectivity index (χ1v) is 3.83. The van der Waals surface area contributed by atoms with Gasteiger partial charge in [0.05, 0.1) is 24.4 Å².